The van der Waals surface area contributed by atoms with Crippen LogP contribution in [0.3, 0.4) is 0 Å². The number of fused-ring (bicyclic) bond motifs is 1. The van der Waals surface area contributed by atoms with Gasteiger partial charge in [-0.25, -0.2) is 9.59 Å². The van der Waals surface area contributed by atoms with Gasteiger partial charge in [0.05, 0.1) is 19.5 Å². The Balaban J connectivity index is 1.53. The normalized spacial score (nSPS) is 19.1. The summed E-state index contributed by atoms with van der Waals surface area (Å²) in [5.41, 5.74) is 1.74. The summed E-state index contributed by atoms with van der Waals surface area (Å²) in [5.74, 6) is 0.105. The molecule has 0 unspecified atom stereocenters. The molecule has 0 spiro atoms. The molecule has 1 fully saturated rings. The Morgan fingerprint density at radius 3 is 2.54 bits per heavy atom. The first kappa shape index (κ1) is 27.9. The molecule has 1 aromatic heterocycles. The Bertz CT molecular complexity index is 1300. The van der Waals surface area contributed by atoms with Gasteiger partial charge in [0.15, 0.2) is 0 Å². The molecule has 10 nitrogen and oxygen atoms in total. The second-order valence-corrected chi connectivity index (χ2v) is 10.8. The molecule has 1 N–H and O–H groups in total. The molecule has 2 aromatic rings. The Hall–Kier alpha value is -4.12. The molecule has 2 aliphatic heterocycles. The number of hydrogen-bond donors (Lipinski definition) is 1. The maximum absolute atomic E-state index is 13.3. The average Bonchev–Trinajstić information content (AvgIpc) is 2.92. The minimum absolute atomic E-state index is 0.0255. The van der Waals surface area contributed by atoms with Crippen LogP contribution < -0.4 is 10.1 Å². The van der Waals surface area contributed by atoms with E-state index in [2.05, 4.69) is 15.5 Å². The standard InChI is InChI=1S/C28H30N4O6S/c1-28(2,3)38-27(35)31-22-24(33)32-23(26(34)37-16-19-9-11-21(36-4)12-10-19)20(17-39-25(22)32)8-6-5-7-18-13-14-29-30-15-18/h5-15,22,25H,16-17H2,1-4H3,(H,31,35)/b7-5+,8-6+/t22-,25-/m1/s1. The number of alkyl carbamates (subject to hydrolysis) is 1. The SMILES string of the molecule is COc1ccc(COC(=O)C2=C(/C=C/C=C/c3ccnnc3)CS[C@@H]3[C@H](NC(=O)OC(C)(C)C)C(=O)N23)cc1. The van der Waals surface area contributed by atoms with E-state index in [4.69, 9.17) is 14.2 Å². The summed E-state index contributed by atoms with van der Waals surface area (Å²) in [4.78, 5) is 40.2. The molecule has 2 amide bonds. The van der Waals surface area contributed by atoms with Crippen molar-refractivity contribution in [2.45, 2.75) is 44.4 Å². The van der Waals surface area contributed by atoms with Crippen molar-refractivity contribution in [2.75, 3.05) is 12.9 Å². The lowest BCUT2D eigenvalue weighted by Gasteiger charge is -2.49. The lowest BCUT2D eigenvalue weighted by Crippen LogP contribution is -2.70. The number of allylic oxidation sites excluding steroid dienone is 3. The van der Waals surface area contributed by atoms with E-state index in [0.717, 1.165) is 11.1 Å². The quantitative estimate of drug-likeness (QED) is 0.297. The monoisotopic (exact) mass is 550 g/mol. The van der Waals surface area contributed by atoms with Crippen molar-refractivity contribution in [3.05, 3.63) is 83.4 Å². The summed E-state index contributed by atoms with van der Waals surface area (Å²) in [6.07, 6.45) is 9.76. The number of benzene rings is 1. The van der Waals surface area contributed by atoms with Crippen LogP contribution in [0, 0.1) is 0 Å². The van der Waals surface area contributed by atoms with Gasteiger partial charge in [0, 0.05) is 5.75 Å². The van der Waals surface area contributed by atoms with E-state index in [1.54, 1.807) is 76.7 Å². The van der Waals surface area contributed by atoms with Crippen molar-refractivity contribution in [1.29, 1.82) is 0 Å². The number of aromatic nitrogens is 2. The molecule has 204 valence electrons. The van der Waals surface area contributed by atoms with E-state index < -0.39 is 35.0 Å². The van der Waals surface area contributed by atoms with Crippen molar-refractivity contribution in [1.82, 2.24) is 20.4 Å². The van der Waals surface area contributed by atoms with Gasteiger partial charge in [-0.3, -0.25) is 9.69 Å². The number of nitrogens with one attached hydrogen (secondary N) is 1. The van der Waals surface area contributed by atoms with Crippen LogP contribution in [0.25, 0.3) is 6.08 Å². The molecule has 3 heterocycles. The summed E-state index contributed by atoms with van der Waals surface area (Å²) in [6, 6.07) is 8.17. The van der Waals surface area contributed by atoms with Crippen LogP contribution in [0.15, 0.2) is 72.2 Å². The molecule has 4 rings (SSSR count). The third kappa shape index (κ3) is 7.05. The third-order valence-corrected chi connectivity index (χ3v) is 7.00. The van der Waals surface area contributed by atoms with Crippen molar-refractivity contribution in [2.24, 2.45) is 0 Å². The van der Waals surface area contributed by atoms with Crippen LogP contribution >= 0.6 is 11.8 Å². The van der Waals surface area contributed by atoms with E-state index in [1.807, 2.05) is 18.2 Å². The fourth-order valence-corrected chi connectivity index (χ4v) is 5.19. The number of nitrogens with zero attached hydrogens (tertiary/aromatic N) is 3. The number of thioether (sulfide) groups is 1. The zero-order valence-electron chi connectivity index (χ0n) is 22.1. The van der Waals surface area contributed by atoms with Crippen molar-refractivity contribution < 1.29 is 28.6 Å². The zero-order chi connectivity index (χ0) is 28.0. The smallest absolute Gasteiger partial charge is 0.408 e. The van der Waals surface area contributed by atoms with E-state index in [9.17, 15) is 14.4 Å². The van der Waals surface area contributed by atoms with Gasteiger partial charge in [-0.2, -0.15) is 10.2 Å². The number of carbonyl (C=O) groups excluding carboxylic acids is 3. The summed E-state index contributed by atoms with van der Waals surface area (Å²) in [6.45, 7) is 5.26. The van der Waals surface area contributed by atoms with Crippen LogP contribution in [0.1, 0.15) is 31.9 Å². The molecule has 0 saturated carbocycles. The molecule has 1 saturated heterocycles. The zero-order valence-corrected chi connectivity index (χ0v) is 22.9. The minimum Gasteiger partial charge on any atom is -0.497 e. The highest BCUT2D eigenvalue weighted by molar-refractivity contribution is 8.00. The van der Waals surface area contributed by atoms with Crippen LogP contribution in [0.5, 0.6) is 5.75 Å². The van der Waals surface area contributed by atoms with Gasteiger partial charge in [-0.05, 0) is 55.7 Å². The third-order valence-electron chi connectivity index (χ3n) is 5.70. The van der Waals surface area contributed by atoms with Crippen molar-refractivity contribution >= 4 is 35.8 Å². The number of methoxy groups -OCH3 is 1. The Morgan fingerprint density at radius 1 is 1.13 bits per heavy atom. The molecule has 1 aromatic carbocycles. The molecule has 2 aliphatic rings. The lowest BCUT2D eigenvalue weighted by molar-refractivity contribution is -0.152. The predicted octanol–water partition coefficient (Wildman–Crippen LogP) is 3.86. The van der Waals surface area contributed by atoms with Crippen LogP contribution in [0.4, 0.5) is 4.79 Å². The van der Waals surface area contributed by atoms with Crippen molar-refractivity contribution in [3.8, 4) is 5.75 Å². The number of ether oxygens (including phenoxy) is 3. The molecule has 2 atom stereocenters. The summed E-state index contributed by atoms with van der Waals surface area (Å²) < 4.78 is 16.1. The fourth-order valence-electron chi connectivity index (χ4n) is 3.87. The van der Waals surface area contributed by atoms with Gasteiger partial charge in [-0.15, -0.1) is 11.8 Å². The molecule has 39 heavy (non-hydrogen) atoms. The first-order valence-electron chi connectivity index (χ1n) is 12.2. The largest absolute Gasteiger partial charge is 0.497 e. The van der Waals surface area contributed by atoms with Gasteiger partial charge in [-0.1, -0.05) is 36.4 Å². The fraction of sp³-hybridized carbons (Fsp3) is 0.321. The first-order valence-corrected chi connectivity index (χ1v) is 13.3. The van der Waals surface area contributed by atoms with E-state index in [1.165, 1.54) is 16.7 Å². The molecule has 11 heteroatoms. The molecular weight excluding hydrogens is 520 g/mol. The second-order valence-electron chi connectivity index (χ2n) is 9.73. The highest BCUT2D eigenvalue weighted by atomic mass is 32.2. The Morgan fingerprint density at radius 2 is 1.87 bits per heavy atom. The number of esters is 1. The van der Waals surface area contributed by atoms with Gasteiger partial charge in [0.2, 0.25) is 0 Å². The number of rotatable bonds is 8. The topological polar surface area (TPSA) is 120 Å². The minimum atomic E-state index is -0.807. The average molecular weight is 551 g/mol. The molecule has 0 bridgehead atoms. The number of hydrogen-bond acceptors (Lipinski definition) is 9. The van der Waals surface area contributed by atoms with Crippen LogP contribution in [0.2, 0.25) is 0 Å². The highest BCUT2D eigenvalue weighted by Gasteiger charge is 2.54. The number of β-lactam (4-membered cyclic amide) rings is 1. The summed E-state index contributed by atoms with van der Waals surface area (Å²) in [5, 5.41) is 9.77. The Labute approximate surface area is 231 Å². The predicted molar refractivity (Wildman–Crippen MR) is 146 cm³/mol. The molecule has 0 aliphatic carbocycles. The summed E-state index contributed by atoms with van der Waals surface area (Å²) in [7, 11) is 1.58. The van der Waals surface area contributed by atoms with Gasteiger partial charge >= 0.3 is 12.1 Å². The van der Waals surface area contributed by atoms with Gasteiger partial charge in [0.25, 0.3) is 5.91 Å². The van der Waals surface area contributed by atoms with Crippen LogP contribution in [-0.4, -0.2) is 62.9 Å². The lowest BCUT2D eigenvalue weighted by atomic mass is 10.0. The highest BCUT2D eigenvalue weighted by Crippen LogP contribution is 2.41. The molecular formula is C28H30N4O6S. The molecule has 0 radical (unpaired) electrons. The van der Waals surface area contributed by atoms with Gasteiger partial charge < -0.3 is 19.5 Å². The first-order chi connectivity index (χ1) is 18.7. The van der Waals surface area contributed by atoms with Gasteiger partial charge in [0.1, 0.15) is 35.1 Å². The van der Waals surface area contributed by atoms with E-state index in [-0.39, 0.29) is 12.3 Å². The summed E-state index contributed by atoms with van der Waals surface area (Å²) >= 11 is 1.45. The number of amides is 2. The second kappa shape index (κ2) is 12.2. The number of carbonyl (C=O) groups is 3. The van der Waals surface area contributed by atoms with Crippen molar-refractivity contribution in [3.63, 3.8) is 0 Å². The van der Waals surface area contributed by atoms with E-state index >= 15 is 0 Å². The van der Waals surface area contributed by atoms with E-state index in [0.29, 0.717) is 17.1 Å². The Kier molecular flexibility index (Phi) is 8.70. The maximum atomic E-state index is 13.3. The maximum Gasteiger partial charge on any atom is 0.408 e. The van der Waals surface area contributed by atoms with Crippen LogP contribution in [-0.2, 0) is 25.7 Å².